The molecule has 3 heterocycles. The van der Waals surface area contributed by atoms with E-state index in [2.05, 4.69) is 205 Å². The summed E-state index contributed by atoms with van der Waals surface area (Å²) in [6, 6.07) is 71.7. The van der Waals surface area contributed by atoms with Crippen LogP contribution in [0.2, 0.25) is 0 Å². The lowest BCUT2D eigenvalue weighted by atomic mass is 9.95. The summed E-state index contributed by atoms with van der Waals surface area (Å²) >= 11 is 1.88. The van der Waals surface area contributed by atoms with E-state index < -0.39 is 0 Å². The summed E-state index contributed by atoms with van der Waals surface area (Å²) < 4.78 is 4.89. The summed E-state index contributed by atoms with van der Waals surface area (Å²) in [5.41, 5.74) is 10.8. The largest absolute Gasteiger partial charge is 0.277 e. The Morgan fingerprint density at radius 3 is 1.53 bits per heavy atom. The molecule has 0 saturated heterocycles. The number of rotatable bonds is 5. The van der Waals surface area contributed by atoms with Crippen molar-refractivity contribution in [1.82, 2.24) is 14.5 Å². The summed E-state index contributed by atoms with van der Waals surface area (Å²) in [6.07, 6.45) is 0. The SMILES string of the molecule is c1ccc(-c2ccc(-c3cc(-c4ccc(-c5ccccc5)cc4)nc(-n4c5ccccc5c5c6ccc7ccccc7c6c6sc7ccccc7c6c54)n3)cc2)cc1. The third-order valence-corrected chi connectivity index (χ3v) is 12.8. The minimum absolute atomic E-state index is 0.648. The molecule has 0 fully saturated rings. The molecule has 0 aliphatic heterocycles. The Balaban J connectivity index is 1.17. The smallest absolute Gasteiger partial charge is 0.235 e. The van der Waals surface area contributed by atoms with E-state index in [1.165, 1.54) is 74.7 Å². The highest BCUT2D eigenvalue weighted by molar-refractivity contribution is 7.27. The first kappa shape index (κ1) is 32.8. The Morgan fingerprint density at radius 2 is 0.879 bits per heavy atom. The van der Waals surface area contributed by atoms with Crippen LogP contribution in [0.3, 0.4) is 0 Å². The molecule has 0 radical (unpaired) electrons. The van der Waals surface area contributed by atoms with E-state index >= 15 is 0 Å². The van der Waals surface area contributed by atoms with E-state index in [0.717, 1.165) is 33.5 Å². The van der Waals surface area contributed by atoms with Crippen molar-refractivity contribution >= 4 is 74.9 Å². The summed E-state index contributed by atoms with van der Waals surface area (Å²) in [7, 11) is 0. The number of hydrogen-bond donors (Lipinski definition) is 0. The van der Waals surface area contributed by atoms with E-state index in [-0.39, 0.29) is 0 Å². The molecule has 3 nitrogen and oxygen atoms in total. The van der Waals surface area contributed by atoms with E-state index in [9.17, 15) is 0 Å². The van der Waals surface area contributed by atoms with Crippen LogP contribution in [0.4, 0.5) is 0 Å². The molecular weight excluding hydrogens is 723 g/mol. The number of fused-ring (bicyclic) bond motifs is 12. The number of aromatic nitrogens is 3. The lowest BCUT2D eigenvalue weighted by Gasteiger charge is -2.14. The maximum Gasteiger partial charge on any atom is 0.235 e. The Kier molecular flexibility index (Phi) is 7.40. The number of nitrogens with zero attached hydrogens (tertiary/aromatic N) is 3. The molecule has 0 atom stereocenters. The molecule has 58 heavy (non-hydrogen) atoms. The predicted octanol–water partition coefficient (Wildman–Crippen LogP) is 14.9. The fourth-order valence-electron chi connectivity index (χ4n) is 8.90. The van der Waals surface area contributed by atoms with Crippen LogP contribution in [0.25, 0.3) is 114 Å². The highest BCUT2D eigenvalue weighted by atomic mass is 32.1. The highest BCUT2D eigenvalue weighted by Gasteiger charge is 2.24. The fourth-order valence-corrected chi connectivity index (χ4v) is 10.2. The van der Waals surface area contributed by atoms with Crippen molar-refractivity contribution in [2.24, 2.45) is 0 Å². The molecule has 4 heteroatoms. The molecular formula is C54H33N3S. The minimum Gasteiger partial charge on any atom is -0.277 e. The van der Waals surface area contributed by atoms with E-state index in [0.29, 0.717) is 5.95 Å². The molecule has 0 saturated carbocycles. The van der Waals surface area contributed by atoms with Gasteiger partial charge in [-0.15, -0.1) is 11.3 Å². The zero-order valence-electron chi connectivity index (χ0n) is 31.3. The van der Waals surface area contributed by atoms with Gasteiger partial charge in [-0.2, -0.15) is 0 Å². The fraction of sp³-hybridized carbons (Fsp3) is 0. The number of thiophene rings is 1. The Hall–Kier alpha value is -7.40. The second-order valence-electron chi connectivity index (χ2n) is 14.9. The van der Waals surface area contributed by atoms with Crippen LogP contribution in [-0.4, -0.2) is 14.5 Å². The lowest BCUT2D eigenvalue weighted by molar-refractivity contribution is 0.998. The van der Waals surface area contributed by atoms with Gasteiger partial charge in [-0.25, -0.2) is 9.97 Å². The average Bonchev–Trinajstić information content (AvgIpc) is 3.86. The zero-order valence-corrected chi connectivity index (χ0v) is 32.1. The molecule has 0 N–H and O–H groups in total. The Morgan fingerprint density at radius 1 is 0.362 bits per heavy atom. The third kappa shape index (κ3) is 5.12. The molecule has 12 rings (SSSR count). The molecule has 0 spiro atoms. The molecule has 12 aromatic rings. The molecule has 0 amide bonds. The molecule has 270 valence electrons. The van der Waals surface area contributed by atoms with Gasteiger partial charge in [0.15, 0.2) is 0 Å². The number of hydrogen-bond acceptors (Lipinski definition) is 3. The second kappa shape index (κ2) is 13.1. The summed E-state index contributed by atoms with van der Waals surface area (Å²) in [5.74, 6) is 0.648. The standard InChI is InChI=1S/C54H33N3S/c1-3-13-34(14-4-1)36-23-27-39(28-24-36)45-33-46(40-29-25-37(26-30-40)35-15-5-2-6-16-35)56-54(55-45)57-47-21-11-9-19-42(47)49-44-32-31-38-17-7-8-18-41(38)50(44)53-51(52(49)57)43-20-10-12-22-48(43)58-53/h1-33H. The van der Waals surface area contributed by atoms with Gasteiger partial charge in [0.05, 0.1) is 22.4 Å². The Labute approximate surface area is 338 Å². The van der Waals surface area contributed by atoms with Gasteiger partial charge in [0.1, 0.15) is 0 Å². The number of benzene rings is 9. The van der Waals surface area contributed by atoms with Gasteiger partial charge in [-0.1, -0.05) is 182 Å². The maximum atomic E-state index is 5.50. The van der Waals surface area contributed by atoms with Crippen LogP contribution in [-0.2, 0) is 0 Å². The van der Waals surface area contributed by atoms with Crippen molar-refractivity contribution in [1.29, 1.82) is 0 Å². The molecule has 9 aromatic carbocycles. The number of para-hydroxylation sites is 1. The maximum absolute atomic E-state index is 5.50. The van der Waals surface area contributed by atoms with Gasteiger partial charge in [0.2, 0.25) is 5.95 Å². The zero-order chi connectivity index (χ0) is 38.2. The third-order valence-electron chi connectivity index (χ3n) is 11.6. The highest BCUT2D eigenvalue weighted by Crippen LogP contribution is 2.49. The summed E-state index contributed by atoms with van der Waals surface area (Å²) in [6.45, 7) is 0. The van der Waals surface area contributed by atoms with E-state index in [4.69, 9.17) is 9.97 Å². The van der Waals surface area contributed by atoms with Crippen LogP contribution in [0.1, 0.15) is 0 Å². The second-order valence-corrected chi connectivity index (χ2v) is 16.0. The van der Waals surface area contributed by atoms with Crippen molar-refractivity contribution in [3.8, 4) is 50.7 Å². The van der Waals surface area contributed by atoms with Crippen molar-refractivity contribution in [2.45, 2.75) is 0 Å². The topological polar surface area (TPSA) is 30.7 Å². The molecule has 0 unspecified atom stereocenters. The van der Waals surface area contributed by atoms with Gasteiger partial charge in [-0.05, 0) is 56.6 Å². The molecule has 0 bridgehead atoms. The van der Waals surface area contributed by atoms with Crippen molar-refractivity contribution in [2.75, 3.05) is 0 Å². The van der Waals surface area contributed by atoms with Crippen molar-refractivity contribution < 1.29 is 0 Å². The van der Waals surface area contributed by atoms with Crippen molar-refractivity contribution in [3.05, 3.63) is 200 Å². The van der Waals surface area contributed by atoms with Crippen LogP contribution in [0.5, 0.6) is 0 Å². The molecule has 0 aliphatic carbocycles. The summed E-state index contributed by atoms with van der Waals surface area (Å²) in [5, 5.41) is 9.96. The van der Waals surface area contributed by atoms with Gasteiger partial charge < -0.3 is 0 Å². The van der Waals surface area contributed by atoms with Crippen LogP contribution in [0.15, 0.2) is 200 Å². The first-order valence-electron chi connectivity index (χ1n) is 19.7. The van der Waals surface area contributed by atoms with Crippen LogP contribution < -0.4 is 0 Å². The molecule has 0 aliphatic rings. The Bertz CT molecular complexity index is 3430. The van der Waals surface area contributed by atoms with E-state index in [1.807, 2.05) is 11.3 Å². The monoisotopic (exact) mass is 755 g/mol. The normalized spacial score (nSPS) is 11.8. The lowest BCUT2D eigenvalue weighted by Crippen LogP contribution is -2.04. The molecule has 3 aromatic heterocycles. The predicted molar refractivity (Wildman–Crippen MR) is 246 cm³/mol. The van der Waals surface area contributed by atoms with Crippen molar-refractivity contribution in [3.63, 3.8) is 0 Å². The van der Waals surface area contributed by atoms with Gasteiger partial charge in [-0.3, -0.25) is 4.57 Å². The first-order valence-corrected chi connectivity index (χ1v) is 20.5. The van der Waals surface area contributed by atoms with Gasteiger partial charge in [0, 0.05) is 47.5 Å². The van der Waals surface area contributed by atoms with Gasteiger partial charge in [0.25, 0.3) is 0 Å². The average molecular weight is 756 g/mol. The first-order chi connectivity index (χ1) is 28.8. The minimum atomic E-state index is 0.648. The quantitative estimate of drug-likeness (QED) is 0.164. The van der Waals surface area contributed by atoms with Gasteiger partial charge >= 0.3 is 0 Å². The van der Waals surface area contributed by atoms with Crippen LogP contribution in [0, 0.1) is 0 Å². The van der Waals surface area contributed by atoms with Crippen LogP contribution >= 0.6 is 11.3 Å². The summed E-state index contributed by atoms with van der Waals surface area (Å²) in [4.78, 5) is 11.0. The van der Waals surface area contributed by atoms with E-state index in [1.54, 1.807) is 0 Å².